The van der Waals surface area contributed by atoms with Crippen LogP contribution >= 0.6 is 34.7 Å². The van der Waals surface area contributed by atoms with Crippen LogP contribution in [0.25, 0.3) is 21.5 Å². The zero-order valence-corrected chi connectivity index (χ0v) is 16.3. The molecule has 3 aromatic heterocycles. The minimum absolute atomic E-state index is 0.0394. The molecule has 0 bridgehead atoms. The van der Waals surface area contributed by atoms with E-state index in [1.165, 1.54) is 11.3 Å². The molecule has 0 radical (unpaired) electrons. The maximum atomic E-state index is 12.6. The molecule has 0 spiro atoms. The summed E-state index contributed by atoms with van der Waals surface area (Å²) in [6.45, 7) is 2.03. The number of furan rings is 1. The molecule has 3 heterocycles. The van der Waals surface area contributed by atoms with Gasteiger partial charge in [-0.2, -0.15) is 0 Å². The van der Waals surface area contributed by atoms with Crippen LogP contribution in [-0.4, -0.2) is 9.97 Å². The van der Waals surface area contributed by atoms with E-state index in [9.17, 15) is 4.79 Å². The van der Waals surface area contributed by atoms with Crippen molar-refractivity contribution in [2.45, 2.75) is 17.9 Å². The Hall–Kier alpha value is -2.02. The summed E-state index contributed by atoms with van der Waals surface area (Å²) in [7, 11) is 0. The minimum Gasteiger partial charge on any atom is -0.464 e. The van der Waals surface area contributed by atoms with Gasteiger partial charge in [0.15, 0.2) is 0 Å². The molecule has 26 heavy (non-hydrogen) atoms. The van der Waals surface area contributed by atoms with Crippen LogP contribution in [0.2, 0.25) is 5.02 Å². The van der Waals surface area contributed by atoms with Crippen LogP contribution in [0.15, 0.2) is 57.3 Å². The highest BCUT2D eigenvalue weighted by molar-refractivity contribution is 7.98. The van der Waals surface area contributed by atoms with Gasteiger partial charge in [-0.15, -0.1) is 23.1 Å². The van der Waals surface area contributed by atoms with Crippen LogP contribution in [-0.2, 0) is 5.75 Å². The standard InChI is InChI=1S/C19H15ClN2O2S2/c1-11(25-9-12-5-2-3-6-14(12)20)17-21-18(23)16-13(10-26-19(16)22-17)15-7-4-8-24-15/h2-8,10-11H,9H2,1H3,(H,21,22,23). The van der Waals surface area contributed by atoms with Gasteiger partial charge in [0.25, 0.3) is 5.56 Å². The van der Waals surface area contributed by atoms with E-state index in [0.717, 1.165) is 26.7 Å². The van der Waals surface area contributed by atoms with E-state index < -0.39 is 0 Å². The first-order valence-corrected chi connectivity index (χ1v) is 10.3. The highest BCUT2D eigenvalue weighted by atomic mass is 35.5. The predicted octanol–water partition coefficient (Wildman–Crippen LogP) is 5.89. The lowest BCUT2D eigenvalue weighted by atomic mass is 10.2. The van der Waals surface area contributed by atoms with Crippen molar-refractivity contribution < 1.29 is 4.42 Å². The Labute approximate surface area is 163 Å². The molecule has 1 atom stereocenters. The Kier molecular flexibility index (Phi) is 4.89. The molecule has 132 valence electrons. The summed E-state index contributed by atoms with van der Waals surface area (Å²) >= 11 is 9.36. The lowest BCUT2D eigenvalue weighted by Gasteiger charge is -2.11. The molecule has 1 aromatic carbocycles. The first kappa shape index (κ1) is 17.4. The number of thiophene rings is 1. The third-order valence-electron chi connectivity index (χ3n) is 4.08. The van der Waals surface area contributed by atoms with Crippen LogP contribution in [0.3, 0.4) is 0 Å². The topological polar surface area (TPSA) is 58.9 Å². The van der Waals surface area contributed by atoms with Crippen LogP contribution < -0.4 is 5.56 Å². The maximum Gasteiger partial charge on any atom is 0.260 e. The predicted molar refractivity (Wildman–Crippen MR) is 109 cm³/mol. The number of H-pyrrole nitrogens is 1. The number of nitrogens with zero attached hydrogens (tertiary/aromatic N) is 1. The number of hydrogen-bond acceptors (Lipinski definition) is 5. The first-order chi connectivity index (χ1) is 12.6. The van der Waals surface area contributed by atoms with Gasteiger partial charge < -0.3 is 9.40 Å². The van der Waals surface area contributed by atoms with E-state index in [1.54, 1.807) is 18.0 Å². The first-order valence-electron chi connectivity index (χ1n) is 8.04. The van der Waals surface area contributed by atoms with E-state index in [1.807, 2.05) is 48.7 Å². The van der Waals surface area contributed by atoms with Gasteiger partial charge in [-0.1, -0.05) is 29.8 Å². The fourth-order valence-electron chi connectivity index (χ4n) is 2.68. The number of aromatic amines is 1. The molecule has 0 saturated heterocycles. The van der Waals surface area contributed by atoms with Gasteiger partial charge in [0.2, 0.25) is 0 Å². The Morgan fingerprint density at radius 3 is 2.92 bits per heavy atom. The molecular weight excluding hydrogens is 388 g/mol. The van der Waals surface area contributed by atoms with E-state index in [0.29, 0.717) is 17.0 Å². The summed E-state index contributed by atoms with van der Waals surface area (Å²) in [6, 6.07) is 11.4. The van der Waals surface area contributed by atoms with Crippen LogP contribution in [0, 0.1) is 0 Å². The summed E-state index contributed by atoms with van der Waals surface area (Å²) in [5, 5.41) is 3.29. The zero-order valence-electron chi connectivity index (χ0n) is 13.9. The highest BCUT2D eigenvalue weighted by Gasteiger charge is 2.17. The van der Waals surface area contributed by atoms with Crippen molar-refractivity contribution >= 4 is 44.9 Å². The fourth-order valence-corrected chi connectivity index (χ4v) is 4.85. The second-order valence-electron chi connectivity index (χ2n) is 5.80. The zero-order chi connectivity index (χ0) is 18.1. The molecule has 0 aliphatic carbocycles. The van der Waals surface area contributed by atoms with Gasteiger partial charge in [-0.25, -0.2) is 4.98 Å². The summed E-state index contributed by atoms with van der Waals surface area (Å²) in [5.74, 6) is 2.11. The fraction of sp³-hybridized carbons (Fsp3) is 0.158. The van der Waals surface area contributed by atoms with Crippen molar-refractivity contribution in [3.8, 4) is 11.3 Å². The average Bonchev–Trinajstić information content (AvgIpc) is 3.30. The molecule has 0 saturated carbocycles. The van der Waals surface area contributed by atoms with Crippen LogP contribution in [0.5, 0.6) is 0 Å². The Morgan fingerprint density at radius 1 is 1.31 bits per heavy atom. The van der Waals surface area contributed by atoms with Gasteiger partial charge in [-0.3, -0.25) is 4.79 Å². The van der Waals surface area contributed by atoms with E-state index >= 15 is 0 Å². The van der Waals surface area contributed by atoms with Crippen LogP contribution in [0.4, 0.5) is 0 Å². The van der Waals surface area contributed by atoms with Crippen molar-refractivity contribution in [1.29, 1.82) is 0 Å². The Balaban J connectivity index is 1.61. The monoisotopic (exact) mass is 402 g/mol. The maximum absolute atomic E-state index is 12.6. The second-order valence-corrected chi connectivity index (χ2v) is 8.40. The molecule has 4 nitrogen and oxygen atoms in total. The molecule has 4 rings (SSSR count). The summed E-state index contributed by atoms with van der Waals surface area (Å²) in [5.41, 5.74) is 1.72. The molecule has 1 N–H and O–H groups in total. The smallest absolute Gasteiger partial charge is 0.260 e. The Morgan fingerprint density at radius 2 is 2.15 bits per heavy atom. The van der Waals surface area contributed by atoms with E-state index in [4.69, 9.17) is 16.0 Å². The molecular formula is C19H15ClN2O2S2. The number of hydrogen-bond donors (Lipinski definition) is 1. The van der Waals surface area contributed by atoms with Crippen molar-refractivity contribution in [2.75, 3.05) is 0 Å². The van der Waals surface area contributed by atoms with Gasteiger partial charge in [0, 0.05) is 21.7 Å². The summed E-state index contributed by atoms with van der Waals surface area (Å²) < 4.78 is 5.43. The summed E-state index contributed by atoms with van der Waals surface area (Å²) in [4.78, 5) is 21.0. The number of benzene rings is 1. The number of thioether (sulfide) groups is 1. The molecule has 0 aliphatic rings. The summed E-state index contributed by atoms with van der Waals surface area (Å²) in [6.07, 6.45) is 1.60. The number of rotatable bonds is 5. The SMILES string of the molecule is CC(SCc1ccccc1Cl)c1nc2scc(-c3ccco3)c2c(=O)[nH]1. The number of nitrogens with one attached hydrogen (secondary N) is 1. The number of aromatic nitrogens is 2. The quantitative estimate of drug-likeness (QED) is 0.452. The van der Waals surface area contributed by atoms with Crippen LogP contribution in [0.1, 0.15) is 23.6 Å². The van der Waals surface area contributed by atoms with Crippen molar-refractivity contribution in [3.05, 3.63) is 74.8 Å². The largest absolute Gasteiger partial charge is 0.464 e. The lowest BCUT2D eigenvalue weighted by Crippen LogP contribution is -2.12. The van der Waals surface area contributed by atoms with Gasteiger partial charge >= 0.3 is 0 Å². The second kappa shape index (κ2) is 7.31. The van der Waals surface area contributed by atoms with E-state index in [-0.39, 0.29) is 10.8 Å². The van der Waals surface area contributed by atoms with Gasteiger partial charge in [0.1, 0.15) is 16.4 Å². The highest BCUT2D eigenvalue weighted by Crippen LogP contribution is 2.34. The molecule has 1 unspecified atom stereocenters. The number of halogens is 1. The van der Waals surface area contributed by atoms with Crippen molar-refractivity contribution in [3.63, 3.8) is 0 Å². The molecule has 0 aliphatic heterocycles. The van der Waals surface area contributed by atoms with Crippen molar-refractivity contribution in [1.82, 2.24) is 9.97 Å². The van der Waals surface area contributed by atoms with Gasteiger partial charge in [0.05, 0.1) is 16.9 Å². The molecule has 4 aromatic rings. The third-order valence-corrected chi connectivity index (χ3v) is 6.52. The number of fused-ring (bicyclic) bond motifs is 1. The third kappa shape index (κ3) is 3.32. The average molecular weight is 403 g/mol. The molecule has 0 amide bonds. The lowest BCUT2D eigenvalue weighted by molar-refractivity contribution is 0.583. The van der Waals surface area contributed by atoms with Crippen molar-refractivity contribution in [2.24, 2.45) is 0 Å². The normalized spacial score (nSPS) is 12.5. The van der Waals surface area contributed by atoms with Gasteiger partial charge in [-0.05, 0) is 30.7 Å². The molecule has 0 fully saturated rings. The Bertz CT molecular complexity index is 1100. The minimum atomic E-state index is -0.136. The van der Waals surface area contributed by atoms with E-state index in [2.05, 4.69) is 9.97 Å². The molecule has 7 heteroatoms.